The van der Waals surface area contributed by atoms with E-state index in [0.29, 0.717) is 11.6 Å². The van der Waals surface area contributed by atoms with Crippen molar-refractivity contribution >= 4 is 23.4 Å². The number of H-pyrrole nitrogens is 1. The van der Waals surface area contributed by atoms with Crippen molar-refractivity contribution in [3.8, 4) is 0 Å². The molecule has 1 fully saturated rings. The van der Waals surface area contributed by atoms with E-state index in [0.717, 1.165) is 24.2 Å². The fourth-order valence-corrected chi connectivity index (χ4v) is 3.94. The smallest absolute Gasteiger partial charge is 0.330 e. The first-order valence-electron chi connectivity index (χ1n) is 9.18. The quantitative estimate of drug-likeness (QED) is 0.440. The topological polar surface area (TPSA) is 129 Å². The zero-order chi connectivity index (χ0) is 20.5. The molecule has 1 aromatic carbocycles. The number of ketones is 1. The molecule has 0 saturated heterocycles. The number of benzene rings is 1. The Bertz CT molecular complexity index is 1180. The number of anilines is 1. The van der Waals surface area contributed by atoms with Crippen LogP contribution in [0.15, 0.2) is 45.1 Å². The minimum atomic E-state index is -0.752. The van der Waals surface area contributed by atoms with Gasteiger partial charge in [0.15, 0.2) is 10.9 Å². The van der Waals surface area contributed by atoms with Crippen LogP contribution in [0.5, 0.6) is 0 Å². The molecule has 3 aromatic rings. The number of thioether (sulfide) groups is 1. The predicted octanol–water partition coefficient (Wildman–Crippen LogP) is 1.15. The SMILES string of the molecule is Cn1c(Cc2ccccc2)nnc1SCC(=O)c1c(N)n(C2CC2)c(=O)[nH]c1=O. The van der Waals surface area contributed by atoms with E-state index in [-0.39, 0.29) is 23.2 Å². The van der Waals surface area contributed by atoms with Gasteiger partial charge in [-0.25, -0.2) is 4.79 Å². The predicted molar refractivity (Wildman–Crippen MR) is 109 cm³/mol. The molecule has 29 heavy (non-hydrogen) atoms. The van der Waals surface area contributed by atoms with E-state index in [9.17, 15) is 14.4 Å². The van der Waals surface area contributed by atoms with E-state index in [2.05, 4.69) is 15.2 Å². The summed E-state index contributed by atoms with van der Waals surface area (Å²) >= 11 is 1.18. The van der Waals surface area contributed by atoms with Gasteiger partial charge in [-0.1, -0.05) is 42.1 Å². The Kier molecular flexibility index (Phi) is 5.10. The molecule has 3 N–H and O–H groups in total. The molecule has 1 aliphatic carbocycles. The second-order valence-electron chi connectivity index (χ2n) is 6.95. The second-order valence-corrected chi connectivity index (χ2v) is 7.90. The molecule has 0 radical (unpaired) electrons. The molecule has 0 atom stereocenters. The number of rotatable bonds is 7. The standard InChI is InChI=1S/C19H20N6O3S/c1-24-14(9-11-5-3-2-4-6-11)22-23-19(24)29-10-13(26)15-16(20)25(12-7-8-12)18(28)21-17(15)27/h2-6,12H,7-10,20H2,1H3,(H,21,27,28). The molecule has 1 saturated carbocycles. The average Bonchev–Trinajstić information content (AvgIpc) is 3.46. The van der Waals surface area contributed by atoms with Gasteiger partial charge in [0.1, 0.15) is 17.2 Å². The van der Waals surface area contributed by atoms with Crippen LogP contribution in [0.4, 0.5) is 5.82 Å². The molecule has 4 rings (SSSR count). The monoisotopic (exact) mass is 412 g/mol. The maximum atomic E-state index is 12.7. The highest BCUT2D eigenvalue weighted by molar-refractivity contribution is 7.99. The molecule has 2 aromatic heterocycles. The number of aromatic amines is 1. The lowest BCUT2D eigenvalue weighted by atomic mass is 10.1. The summed E-state index contributed by atoms with van der Waals surface area (Å²) in [5.41, 5.74) is 5.61. The van der Waals surface area contributed by atoms with Gasteiger partial charge in [0.25, 0.3) is 5.56 Å². The normalized spacial score (nSPS) is 13.6. The maximum absolute atomic E-state index is 12.7. The fraction of sp³-hybridized carbons (Fsp3) is 0.316. The lowest BCUT2D eigenvalue weighted by molar-refractivity contribution is 0.102. The van der Waals surface area contributed by atoms with Crippen LogP contribution in [-0.2, 0) is 13.5 Å². The van der Waals surface area contributed by atoms with Crippen molar-refractivity contribution in [3.63, 3.8) is 0 Å². The number of nitrogens with one attached hydrogen (secondary N) is 1. The van der Waals surface area contributed by atoms with Gasteiger partial charge in [-0.3, -0.25) is 19.1 Å². The zero-order valence-corrected chi connectivity index (χ0v) is 16.6. The molecule has 9 nitrogen and oxygen atoms in total. The zero-order valence-electron chi connectivity index (χ0n) is 15.8. The van der Waals surface area contributed by atoms with E-state index in [1.54, 1.807) is 0 Å². The third-order valence-corrected chi connectivity index (χ3v) is 5.86. The van der Waals surface area contributed by atoms with E-state index in [1.807, 2.05) is 41.9 Å². The molecule has 10 heteroatoms. The summed E-state index contributed by atoms with van der Waals surface area (Å²) in [6.07, 6.45) is 2.24. The summed E-state index contributed by atoms with van der Waals surface area (Å²) in [7, 11) is 1.83. The minimum absolute atomic E-state index is 0.0343. The van der Waals surface area contributed by atoms with Gasteiger partial charge in [-0.2, -0.15) is 0 Å². The highest BCUT2D eigenvalue weighted by atomic mass is 32.2. The molecule has 1 aliphatic rings. The Balaban J connectivity index is 1.50. The number of carbonyl (C=O) groups excluding carboxylic acids is 1. The first-order chi connectivity index (χ1) is 14.0. The summed E-state index contributed by atoms with van der Waals surface area (Å²) in [5.74, 6) is 0.226. The van der Waals surface area contributed by atoms with Crippen LogP contribution in [0.1, 0.15) is 40.6 Å². The Morgan fingerprint density at radius 1 is 1.24 bits per heavy atom. The Hall–Kier alpha value is -3.14. The van der Waals surface area contributed by atoms with Gasteiger partial charge in [0.2, 0.25) is 0 Å². The van der Waals surface area contributed by atoms with Crippen LogP contribution in [0.3, 0.4) is 0 Å². The highest BCUT2D eigenvalue weighted by Crippen LogP contribution is 2.35. The lowest BCUT2D eigenvalue weighted by Gasteiger charge is -2.10. The number of nitrogen functional groups attached to an aromatic ring is 1. The van der Waals surface area contributed by atoms with Crippen molar-refractivity contribution in [2.75, 3.05) is 11.5 Å². The van der Waals surface area contributed by atoms with Crippen LogP contribution < -0.4 is 17.0 Å². The van der Waals surface area contributed by atoms with E-state index < -0.39 is 17.0 Å². The van der Waals surface area contributed by atoms with Crippen LogP contribution in [0.2, 0.25) is 0 Å². The van der Waals surface area contributed by atoms with Crippen molar-refractivity contribution in [2.24, 2.45) is 7.05 Å². The van der Waals surface area contributed by atoms with E-state index >= 15 is 0 Å². The third-order valence-electron chi connectivity index (χ3n) is 4.84. The van der Waals surface area contributed by atoms with E-state index in [1.165, 1.54) is 16.3 Å². The van der Waals surface area contributed by atoms with Crippen molar-refractivity contribution in [1.82, 2.24) is 24.3 Å². The first-order valence-corrected chi connectivity index (χ1v) is 10.2. The van der Waals surface area contributed by atoms with Gasteiger partial charge in [-0.15, -0.1) is 10.2 Å². The summed E-state index contributed by atoms with van der Waals surface area (Å²) in [6.45, 7) is 0. The molecule has 0 aliphatic heterocycles. The molecule has 0 amide bonds. The largest absolute Gasteiger partial charge is 0.384 e. The van der Waals surface area contributed by atoms with Gasteiger partial charge >= 0.3 is 5.69 Å². The molecule has 2 heterocycles. The Morgan fingerprint density at radius 2 is 1.97 bits per heavy atom. The van der Waals surface area contributed by atoms with Gasteiger partial charge in [0.05, 0.1) is 5.75 Å². The van der Waals surface area contributed by atoms with E-state index in [4.69, 9.17) is 5.73 Å². The van der Waals surface area contributed by atoms with Crippen LogP contribution in [0, 0.1) is 0 Å². The van der Waals surface area contributed by atoms with Crippen molar-refractivity contribution in [3.05, 3.63) is 68.1 Å². The lowest BCUT2D eigenvalue weighted by Crippen LogP contribution is -2.36. The molecular weight excluding hydrogens is 392 g/mol. The van der Waals surface area contributed by atoms with Gasteiger partial charge in [-0.05, 0) is 18.4 Å². The number of aromatic nitrogens is 5. The fourth-order valence-electron chi connectivity index (χ4n) is 3.14. The molecule has 0 bridgehead atoms. The number of nitrogens with zero attached hydrogens (tertiary/aromatic N) is 4. The Morgan fingerprint density at radius 3 is 2.66 bits per heavy atom. The molecular formula is C19H20N6O3S. The maximum Gasteiger partial charge on any atom is 0.330 e. The summed E-state index contributed by atoms with van der Waals surface area (Å²) in [6, 6.07) is 9.85. The summed E-state index contributed by atoms with van der Waals surface area (Å²) < 4.78 is 3.13. The van der Waals surface area contributed by atoms with Gasteiger partial charge in [0, 0.05) is 19.5 Å². The average molecular weight is 412 g/mol. The van der Waals surface area contributed by atoms with Crippen molar-refractivity contribution < 1.29 is 4.79 Å². The third kappa shape index (κ3) is 3.88. The highest BCUT2D eigenvalue weighted by Gasteiger charge is 2.30. The Labute approximate surface area is 170 Å². The summed E-state index contributed by atoms with van der Waals surface area (Å²) in [4.78, 5) is 39.0. The molecule has 150 valence electrons. The number of Topliss-reactive ketones (excluding diaryl/α,β-unsaturated/α-hetero) is 1. The van der Waals surface area contributed by atoms with Crippen LogP contribution in [-0.4, -0.2) is 35.9 Å². The molecule has 0 spiro atoms. The second kappa shape index (κ2) is 7.70. The number of nitrogens with two attached hydrogens (primary N) is 1. The van der Waals surface area contributed by atoms with Crippen LogP contribution in [0.25, 0.3) is 0 Å². The van der Waals surface area contributed by atoms with Gasteiger partial charge < -0.3 is 10.3 Å². The first kappa shape index (κ1) is 19.2. The minimum Gasteiger partial charge on any atom is -0.384 e. The van der Waals surface area contributed by atoms with Crippen LogP contribution >= 0.6 is 11.8 Å². The summed E-state index contributed by atoms with van der Waals surface area (Å²) in [5, 5.41) is 8.90. The number of hydrogen-bond donors (Lipinski definition) is 2. The number of hydrogen-bond acceptors (Lipinski definition) is 7. The number of carbonyl (C=O) groups is 1. The van der Waals surface area contributed by atoms with Crippen molar-refractivity contribution in [1.29, 1.82) is 0 Å². The van der Waals surface area contributed by atoms with Crippen molar-refractivity contribution in [2.45, 2.75) is 30.5 Å². The molecule has 0 unspecified atom stereocenters.